The van der Waals surface area contributed by atoms with Crippen molar-refractivity contribution in [2.45, 2.75) is 38.4 Å². The molecule has 20 heavy (non-hydrogen) atoms. The van der Waals surface area contributed by atoms with Crippen molar-refractivity contribution in [3.05, 3.63) is 34.9 Å². The van der Waals surface area contributed by atoms with Crippen molar-refractivity contribution in [1.82, 2.24) is 4.90 Å². The van der Waals surface area contributed by atoms with E-state index in [2.05, 4.69) is 0 Å². The van der Waals surface area contributed by atoms with E-state index in [0.29, 0.717) is 13.1 Å². The van der Waals surface area contributed by atoms with E-state index >= 15 is 0 Å². The molecule has 2 unspecified atom stereocenters. The fourth-order valence-corrected chi connectivity index (χ4v) is 3.21. The summed E-state index contributed by atoms with van der Waals surface area (Å²) in [5.41, 5.74) is 8.24. The van der Waals surface area contributed by atoms with Gasteiger partial charge in [-0.2, -0.15) is 0 Å². The quantitative estimate of drug-likeness (QED) is 0.852. The third-order valence-electron chi connectivity index (χ3n) is 4.37. The first kappa shape index (κ1) is 13.1. The van der Waals surface area contributed by atoms with Gasteiger partial charge in [0.2, 0.25) is 5.91 Å². The summed E-state index contributed by atoms with van der Waals surface area (Å²) in [5, 5.41) is 9.00. The standard InChI is InChI=1S/C15H18N2O3/c16-13-3-1-2-12(13)14(18)17-7-10-5-4-9(15(19)20)6-11(10)8-17/h4-6,12-13H,1-3,7-8,16H2,(H,19,20). The lowest BCUT2D eigenvalue weighted by Crippen LogP contribution is -2.39. The minimum atomic E-state index is -0.935. The zero-order valence-electron chi connectivity index (χ0n) is 11.2. The van der Waals surface area contributed by atoms with Crippen molar-refractivity contribution >= 4 is 11.9 Å². The Balaban J connectivity index is 1.76. The molecule has 5 heteroatoms. The average Bonchev–Trinajstić information content (AvgIpc) is 3.02. The maximum Gasteiger partial charge on any atom is 0.335 e. The van der Waals surface area contributed by atoms with Crippen molar-refractivity contribution in [2.24, 2.45) is 11.7 Å². The number of aromatic carboxylic acids is 1. The molecule has 0 spiro atoms. The smallest absolute Gasteiger partial charge is 0.335 e. The van der Waals surface area contributed by atoms with Crippen LogP contribution in [-0.2, 0) is 17.9 Å². The van der Waals surface area contributed by atoms with Gasteiger partial charge >= 0.3 is 5.97 Å². The highest BCUT2D eigenvalue weighted by molar-refractivity contribution is 5.88. The first-order valence-corrected chi connectivity index (χ1v) is 6.95. The molecule has 1 saturated carbocycles. The summed E-state index contributed by atoms with van der Waals surface area (Å²) in [7, 11) is 0. The van der Waals surface area contributed by atoms with Crippen LogP contribution in [0.3, 0.4) is 0 Å². The molecule has 3 rings (SSSR count). The fraction of sp³-hybridized carbons (Fsp3) is 0.467. The van der Waals surface area contributed by atoms with Gasteiger partial charge in [-0.3, -0.25) is 4.79 Å². The largest absolute Gasteiger partial charge is 0.478 e. The minimum absolute atomic E-state index is 0.0270. The number of nitrogens with zero attached hydrogens (tertiary/aromatic N) is 1. The molecule has 0 radical (unpaired) electrons. The molecular weight excluding hydrogens is 256 g/mol. The Morgan fingerprint density at radius 1 is 1.20 bits per heavy atom. The molecule has 2 aliphatic rings. The Hall–Kier alpha value is -1.88. The van der Waals surface area contributed by atoms with E-state index in [4.69, 9.17) is 10.8 Å². The van der Waals surface area contributed by atoms with Crippen molar-refractivity contribution in [3.63, 3.8) is 0 Å². The number of hydrogen-bond donors (Lipinski definition) is 2. The predicted molar refractivity (Wildman–Crippen MR) is 73.0 cm³/mol. The molecule has 1 heterocycles. The number of nitrogens with two attached hydrogens (primary N) is 1. The summed E-state index contributed by atoms with van der Waals surface area (Å²) in [5.74, 6) is -0.887. The third kappa shape index (κ3) is 2.18. The topological polar surface area (TPSA) is 83.6 Å². The van der Waals surface area contributed by atoms with Crippen LogP contribution < -0.4 is 5.73 Å². The minimum Gasteiger partial charge on any atom is -0.478 e. The fourth-order valence-electron chi connectivity index (χ4n) is 3.21. The van der Waals surface area contributed by atoms with E-state index < -0.39 is 5.97 Å². The summed E-state index contributed by atoms with van der Waals surface area (Å²) in [6.07, 6.45) is 2.80. The van der Waals surface area contributed by atoms with Crippen LogP contribution in [0.25, 0.3) is 0 Å². The number of carbonyl (C=O) groups excluding carboxylic acids is 1. The number of fused-ring (bicyclic) bond motifs is 1. The lowest BCUT2D eigenvalue weighted by Gasteiger charge is -2.22. The van der Waals surface area contributed by atoms with E-state index in [0.717, 1.165) is 30.4 Å². The van der Waals surface area contributed by atoms with Crippen molar-refractivity contribution in [3.8, 4) is 0 Å². The van der Waals surface area contributed by atoms with Crippen LogP contribution in [0.5, 0.6) is 0 Å². The monoisotopic (exact) mass is 274 g/mol. The SMILES string of the molecule is NC1CCCC1C(=O)N1Cc2ccc(C(=O)O)cc2C1. The first-order valence-electron chi connectivity index (χ1n) is 6.95. The second-order valence-electron chi connectivity index (χ2n) is 5.68. The molecule has 0 saturated heterocycles. The summed E-state index contributed by atoms with van der Waals surface area (Å²) < 4.78 is 0. The zero-order valence-corrected chi connectivity index (χ0v) is 11.2. The molecule has 1 aliphatic carbocycles. The summed E-state index contributed by atoms with van der Waals surface area (Å²) in [6.45, 7) is 1.07. The predicted octanol–water partition coefficient (Wildman–Crippen LogP) is 1.35. The Bertz CT molecular complexity index is 570. The molecule has 1 aromatic carbocycles. The second-order valence-corrected chi connectivity index (χ2v) is 5.68. The van der Waals surface area contributed by atoms with Crippen molar-refractivity contribution < 1.29 is 14.7 Å². The summed E-state index contributed by atoms with van der Waals surface area (Å²) in [6, 6.07) is 5.04. The van der Waals surface area contributed by atoms with Gasteiger partial charge < -0.3 is 15.7 Å². The van der Waals surface area contributed by atoms with Gasteiger partial charge in [-0.1, -0.05) is 12.5 Å². The molecule has 1 amide bonds. The molecule has 106 valence electrons. The molecule has 5 nitrogen and oxygen atoms in total. The van der Waals surface area contributed by atoms with E-state index in [1.807, 2.05) is 0 Å². The van der Waals surface area contributed by atoms with Gasteiger partial charge in [0, 0.05) is 19.1 Å². The highest BCUT2D eigenvalue weighted by Gasteiger charge is 2.35. The highest BCUT2D eigenvalue weighted by Crippen LogP contribution is 2.30. The molecule has 1 fully saturated rings. The zero-order chi connectivity index (χ0) is 14.3. The maximum absolute atomic E-state index is 12.5. The van der Waals surface area contributed by atoms with E-state index in [1.165, 1.54) is 0 Å². The Kier molecular flexibility index (Phi) is 3.22. The number of carboxylic acid groups (broad SMARTS) is 1. The van der Waals surface area contributed by atoms with Crippen molar-refractivity contribution in [1.29, 1.82) is 0 Å². The van der Waals surface area contributed by atoms with Gasteiger partial charge in [0.25, 0.3) is 0 Å². The van der Waals surface area contributed by atoms with Gasteiger partial charge in [0.05, 0.1) is 11.5 Å². The maximum atomic E-state index is 12.5. The van der Waals surface area contributed by atoms with Crippen LogP contribution in [-0.4, -0.2) is 27.9 Å². The number of benzene rings is 1. The summed E-state index contributed by atoms with van der Waals surface area (Å²) in [4.78, 5) is 25.2. The van der Waals surface area contributed by atoms with Gasteiger partial charge in [0.15, 0.2) is 0 Å². The van der Waals surface area contributed by atoms with E-state index in [1.54, 1.807) is 23.1 Å². The Morgan fingerprint density at radius 3 is 2.60 bits per heavy atom. The van der Waals surface area contributed by atoms with Crippen LogP contribution in [0.15, 0.2) is 18.2 Å². The molecule has 0 aromatic heterocycles. The number of hydrogen-bond acceptors (Lipinski definition) is 3. The van der Waals surface area contributed by atoms with Gasteiger partial charge in [-0.05, 0) is 36.1 Å². The number of amides is 1. The van der Waals surface area contributed by atoms with Crippen LogP contribution in [0.1, 0.15) is 40.7 Å². The van der Waals surface area contributed by atoms with Crippen LogP contribution in [0.2, 0.25) is 0 Å². The van der Waals surface area contributed by atoms with Crippen LogP contribution >= 0.6 is 0 Å². The van der Waals surface area contributed by atoms with Gasteiger partial charge in [-0.25, -0.2) is 4.79 Å². The van der Waals surface area contributed by atoms with Crippen molar-refractivity contribution in [2.75, 3.05) is 0 Å². The van der Waals surface area contributed by atoms with Gasteiger partial charge in [0.1, 0.15) is 0 Å². The second kappa shape index (κ2) is 4.90. The lowest BCUT2D eigenvalue weighted by molar-refractivity contribution is -0.136. The summed E-state index contributed by atoms with van der Waals surface area (Å²) >= 11 is 0. The van der Waals surface area contributed by atoms with Crippen LogP contribution in [0, 0.1) is 5.92 Å². The Morgan fingerprint density at radius 2 is 1.95 bits per heavy atom. The average molecular weight is 274 g/mol. The first-order chi connectivity index (χ1) is 9.56. The van der Waals surface area contributed by atoms with E-state index in [9.17, 15) is 9.59 Å². The van der Waals surface area contributed by atoms with Crippen LogP contribution in [0.4, 0.5) is 0 Å². The number of carbonyl (C=O) groups is 2. The molecule has 1 aromatic rings. The number of rotatable bonds is 2. The lowest BCUT2D eigenvalue weighted by atomic mass is 10.0. The number of carboxylic acids is 1. The normalized spacial score (nSPS) is 24.8. The molecule has 2 atom stereocenters. The molecule has 1 aliphatic heterocycles. The van der Waals surface area contributed by atoms with Gasteiger partial charge in [-0.15, -0.1) is 0 Å². The molecular formula is C15H18N2O3. The third-order valence-corrected chi connectivity index (χ3v) is 4.37. The molecule has 3 N–H and O–H groups in total. The van der Waals surface area contributed by atoms with E-state index in [-0.39, 0.29) is 23.4 Å². The molecule has 0 bridgehead atoms. The highest BCUT2D eigenvalue weighted by atomic mass is 16.4. The Labute approximate surface area is 117 Å².